The van der Waals surface area contributed by atoms with Crippen molar-refractivity contribution in [1.29, 1.82) is 0 Å². The summed E-state index contributed by atoms with van der Waals surface area (Å²) < 4.78 is 4.59. The maximum absolute atomic E-state index is 12.0. The minimum Gasteiger partial charge on any atom is -0.465 e. The van der Waals surface area contributed by atoms with Crippen molar-refractivity contribution in [2.75, 3.05) is 7.11 Å². The predicted molar refractivity (Wildman–Crippen MR) is 93.1 cm³/mol. The molecule has 0 aliphatic heterocycles. The number of nitrogens with one attached hydrogen (secondary N) is 1. The smallest absolute Gasteiger partial charge is 0.343 e. The summed E-state index contributed by atoms with van der Waals surface area (Å²) in [4.78, 5) is 26.3. The van der Waals surface area contributed by atoms with E-state index in [1.165, 1.54) is 13.2 Å². The molecular formula is C20H17NO3. The zero-order chi connectivity index (χ0) is 16.9. The number of benzene rings is 2. The van der Waals surface area contributed by atoms with Crippen molar-refractivity contribution in [3.05, 3.63) is 93.9 Å². The summed E-state index contributed by atoms with van der Waals surface area (Å²) in [7, 11) is 1.26. The second-order valence-corrected chi connectivity index (χ2v) is 5.42. The Morgan fingerprint density at radius 2 is 1.67 bits per heavy atom. The number of esters is 1. The van der Waals surface area contributed by atoms with E-state index in [1.807, 2.05) is 36.4 Å². The number of rotatable bonds is 4. The molecule has 2 aromatic carbocycles. The molecule has 4 nitrogen and oxygen atoms in total. The molecule has 0 saturated carbocycles. The molecule has 3 aromatic rings. The highest BCUT2D eigenvalue weighted by Crippen LogP contribution is 2.24. The number of aromatic nitrogens is 1. The SMILES string of the molecule is COC(=O)c1ccc(Cc2ccccc2-c2ccccc2)[nH]c1=O. The number of hydrogen-bond acceptors (Lipinski definition) is 3. The first kappa shape index (κ1) is 15.7. The van der Waals surface area contributed by atoms with E-state index in [1.54, 1.807) is 6.07 Å². The number of carbonyl (C=O) groups is 1. The third-order valence-electron chi connectivity index (χ3n) is 3.86. The average molecular weight is 319 g/mol. The monoisotopic (exact) mass is 319 g/mol. The highest BCUT2D eigenvalue weighted by molar-refractivity contribution is 5.88. The summed E-state index contributed by atoms with van der Waals surface area (Å²) in [6.45, 7) is 0. The third kappa shape index (κ3) is 3.27. The molecule has 0 atom stereocenters. The second-order valence-electron chi connectivity index (χ2n) is 5.42. The number of pyridine rings is 1. The molecule has 0 unspecified atom stereocenters. The molecule has 1 aromatic heterocycles. The van der Waals surface area contributed by atoms with Crippen LogP contribution in [0.1, 0.15) is 21.6 Å². The average Bonchev–Trinajstić information content (AvgIpc) is 2.62. The van der Waals surface area contributed by atoms with Crippen LogP contribution in [0.25, 0.3) is 11.1 Å². The predicted octanol–water partition coefficient (Wildman–Crippen LogP) is 3.42. The van der Waals surface area contributed by atoms with Crippen LogP contribution < -0.4 is 5.56 Å². The molecule has 0 fully saturated rings. The van der Waals surface area contributed by atoms with E-state index < -0.39 is 11.5 Å². The lowest BCUT2D eigenvalue weighted by molar-refractivity contribution is 0.0598. The maximum atomic E-state index is 12.0. The van der Waals surface area contributed by atoms with Crippen LogP contribution in [0.2, 0.25) is 0 Å². The topological polar surface area (TPSA) is 59.2 Å². The number of hydrogen-bond donors (Lipinski definition) is 1. The summed E-state index contributed by atoms with van der Waals surface area (Å²) in [5, 5.41) is 0. The summed E-state index contributed by atoms with van der Waals surface area (Å²) in [5.41, 5.74) is 3.67. The normalized spacial score (nSPS) is 10.4. The molecule has 24 heavy (non-hydrogen) atoms. The Morgan fingerprint density at radius 3 is 2.38 bits per heavy atom. The lowest BCUT2D eigenvalue weighted by Crippen LogP contribution is -2.19. The molecule has 1 N–H and O–H groups in total. The van der Waals surface area contributed by atoms with Gasteiger partial charge >= 0.3 is 5.97 Å². The zero-order valence-corrected chi connectivity index (χ0v) is 13.3. The molecule has 0 aliphatic rings. The molecule has 0 aliphatic carbocycles. The van der Waals surface area contributed by atoms with Crippen LogP contribution in [0.5, 0.6) is 0 Å². The van der Waals surface area contributed by atoms with Crippen molar-refractivity contribution in [3.8, 4) is 11.1 Å². The van der Waals surface area contributed by atoms with Crippen molar-refractivity contribution >= 4 is 5.97 Å². The Kier molecular flexibility index (Phi) is 4.57. The van der Waals surface area contributed by atoms with Crippen LogP contribution in [0, 0.1) is 0 Å². The first-order chi connectivity index (χ1) is 11.7. The van der Waals surface area contributed by atoms with Crippen molar-refractivity contribution in [1.82, 2.24) is 4.98 Å². The van der Waals surface area contributed by atoms with Gasteiger partial charge in [-0.1, -0.05) is 54.6 Å². The number of methoxy groups -OCH3 is 1. The van der Waals surface area contributed by atoms with Gasteiger partial charge < -0.3 is 9.72 Å². The summed E-state index contributed by atoms with van der Waals surface area (Å²) in [6, 6.07) is 21.4. The quantitative estimate of drug-likeness (QED) is 0.750. The van der Waals surface area contributed by atoms with Gasteiger partial charge in [0.15, 0.2) is 0 Å². The molecule has 3 rings (SSSR count). The fourth-order valence-electron chi connectivity index (χ4n) is 2.67. The fraction of sp³-hybridized carbons (Fsp3) is 0.100. The lowest BCUT2D eigenvalue weighted by atomic mass is 9.96. The Bertz CT molecular complexity index is 913. The minimum atomic E-state index is -0.632. The highest BCUT2D eigenvalue weighted by atomic mass is 16.5. The Hall–Kier alpha value is -3.14. The second kappa shape index (κ2) is 6.96. The molecule has 0 bridgehead atoms. The van der Waals surface area contributed by atoms with Crippen molar-refractivity contribution < 1.29 is 9.53 Å². The third-order valence-corrected chi connectivity index (χ3v) is 3.86. The molecule has 120 valence electrons. The summed E-state index contributed by atoms with van der Waals surface area (Å²) >= 11 is 0. The zero-order valence-electron chi connectivity index (χ0n) is 13.3. The Balaban J connectivity index is 1.94. The Labute approximate surface area is 139 Å². The molecule has 0 radical (unpaired) electrons. The lowest BCUT2D eigenvalue weighted by Gasteiger charge is -2.10. The van der Waals surface area contributed by atoms with E-state index in [0.717, 1.165) is 22.4 Å². The largest absolute Gasteiger partial charge is 0.465 e. The fourth-order valence-corrected chi connectivity index (χ4v) is 2.67. The van der Waals surface area contributed by atoms with E-state index in [4.69, 9.17) is 0 Å². The van der Waals surface area contributed by atoms with Gasteiger partial charge in [0, 0.05) is 12.1 Å². The standard InChI is InChI=1S/C20H17NO3/c1-24-20(23)18-12-11-16(21-19(18)22)13-15-9-5-6-10-17(15)14-7-3-2-4-8-14/h2-12H,13H2,1H3,(H,21,22). The molecule has 1 heterocycles. The first-order valence-electron chi connectivity index (χ1n) is 7.63. The molecule has 0 saturated heterocycles. The first-order valence-corrected chi connectivity index (χ1v) is 7.63. The van der Waals surface area contributed by atoms with Crippen LogP contribution >= 0.6 is 0 Å². The minimum absolute atomic E-state index is 0.0117. The number of carbonyl (C=O) groups excluding carboxylic acids is 1. The van der Waals surface area contributed by atoms with Crippen LogP contribution in [-0.4, -0.2) is 18.1 Å². The van der Waals surface area contributed by atoms with E-state index in [9.17, 15) is 9.59 Å². The van der Waals surface area contributed by atoms with E-state index >= 15 is 0 Å². The molecular weight excluding hydrogens is 302 g/mol. The molecule has 0 amide bonds. The molecule has 4 heteroatoms. The Morgan fingerprint density at radius 1 is 0.958 bits per heavy atom. The van der Waals surface area contributed by atoms with Gasteiger partial charge in [-0.25, -0.2) is 4.79 Å². The van der Waals surface area contributed by atoms with E-state index in [-0.39, 0.29) is 5.56 Å². The van der Waals surface area contributed by atoms with Gasteiger partial charge in [-0.15, -0.1) is 0 Å². The van der Waals surface area contributed by atoms with E-state index in [2.05, 4.69) is 27.9 Å². The number of aromatic amines is 1. The molecule has 0 spiro atoms. The highest BCUT2D eigenvalue weighted by Gasteiger charge is 2.12. The van der Waals surface area contributed by atoms with Gasteiger partial charge in [0.25, 0.3) is 5.56 Å². The number of H-pyrrole nitrogens is 1. The summed E-state index contributed by atoms with van der Waals surface area (Å²) in [6.07, 6.45) is 0.571. The van der Waals surface area contributed by atoms with Gasteiger partial charge in [-0.3, -0.25) is 4.79 Å². The number of ether oxygens (including phenoxy) is 1. The van der Waals surface area contributed by atoms with Gasteiger partial charge in [-0.2, -0.15) is 0 Å². The van der Waals surface area contributed by atoms with Gasteiger partial charge in [0.1, 0.15) is 5.56 Å². The van der Waals surface area contributed by atoms with Crippen LogP contribution in [-0.2, 0) is 11.2 Å². The summed E-state index contributed by atoms with van der Waals surface area (Å²) in [5.74, 6) is -0.632. The van der Waals surface area contributed by atoms with Crippen molar-refractivity contribution in [2.24, 2.45) is 0 Å². The van der Waals surface area contributed by atoms with Gasteiger partial charge in [0.05, 0.1) is 7.11 Å². The maximum Gasteiger partial charge on any atom is 0.343 e. The van der Waals surface area contributed by atoms with Crippen molar-refractivity contribution in [2.45, 2.75) is 6.42 Å². The van der Waals surface area contributed by atoms with Gasteiger partial charge in [0.2, 0.25) is 0 Å². The van der Waals surface area contributed by atoms with Crippen molar-refractivity contribution in [3.63, 3.8) is 0 Å². The van der Waals surface area contributed by atoms with Gasteiger partial charge in [-0.05, 0) is 28.8 Å². The van der Waals surface area contributed by atoms with E-state index in [0.29, 0.717) is 6.42 Å². The van der Waals surface area contributed by atoms with Crippen LogP contribution in [0.3, 0.4) is 0 Å². The van der Waals surface area contributed by atoms with Crippen LogP contribution in [0.15, 0.2) is 71.5 Å². The van der Waals surface area contributed by atoms with Crippen LogP contribution in [0.4, 0.5) is 0 Å².